The zero-order chi connectivity index (χ0) is 19.3. The van der Waals surface area contributed by atoms with Crippen molar-refractivity contribution in [2.45, 2.75) is 13.8 Å². The maximum Gasteiger partial charge on any atom is 0.271 e. The largest absolute Gasteiger partial charge is 0.506 e. The summed E-state index contributed by atoms with van der Waals surface area (Å²) in [5.74, 6) is -0.596. The molecule has 0 saturated heterocycles. The van der Waals surface area contributed by atoms with Gasteiger partial charge in [-0.15, -0.1) is 0 Å². The first-order valence-electron chi connectivity index (χ1n) is 7.70. The number of nitrogens with zero attached hydrogens (tertiary/aromatic N) is 1. The van der Waals surface area contributed by atoms with Gasteiger partial charge in [-0.25, -0.2) is 5.43 Å². The lowest BCUT2D eigenvalue weighted by atomic mass is 10.1. The van der Waals surface area contributed by atoms with Crippen LogP contribution in [0.15, 0.2) is 50.4 Å². The minimum Gasteiger partial charge on any atom is -0.506 e. The van der Waals surface area contributed by atoms with Gasteiger partial charge < -0.3 is 10.4 Å². The zero-order valence-electron chi connectivity index (χ0n) is 14.1. The highest BCUT2D eigenvalue weighted by atomic mass is 79.9. The van der Waals surface area contributed by atoms with E-state index in [1.54, 1.807) is 50.2 Å². The highest BCUT2D eigenvalue weighted by molar-refractivity contribution is 9.11. The third kappa shape index (κ3) is 5.40. The van der Waals surface area contributed by atoms with Crippen LogP contribution in [-0.2, 0) is 4.79 Å². The molecule has 8 heteroatoms. The van der Waals surface area contributed by atoms with Gasteiger partial charge in [0.25, 0.3) is 5.91 Å². The molecule has 2 rings (SSSR count). The van der Waals surface area contributed by atoms with Crippen molar-refractivity contribution in [3.8, 4) is 5.75 Å². The Hall–Kier alpha value is -2.19. The van der Waals surface area contributed by atoms with Gasteiger partial charge in [0.05, 0.1) is 10.7 Å². The van der Waals surface area contributed by atoms with E-state index in [0.717, 1.165) is 4.47 Å². The fraction of sp³-hybridized carbons (Fsp3) is 0.167. The first-order chi connectivity index (χ1) is 12.3. The molecule has 2 aromatic rings. The van der Waals surface area contributed by atoms with Gasteiger partial charge in [-0.3, -0.25) is 9.59 Å². The zero-order valence-corrected chi connectivity index (χ0v) is 17.3. The van der Waals surface area contributed by atoms with Gasteiger partial charge in [0.2, 0.25) is 5.91 Å². The molecule has 136 valence electrons. The number of hydrogen-bond donors (Lipinski definition) is 3. The number of hydrazone groups is 1. The predicted octanol–water partition coefficient (Wildman–Crippen LogP) is 4.28. The summed E-state index contributed by atoms with van der Waals surface area (Å²) in [5, 5.41) is 16.6. The van der Waals surface area contributed by atoms with Crippen LogP contribution in [-0.4, -0.2) is 23.1 Å². The van der Waals surface area contributed by atoms with Crippen molar-refractivity contribution in [3.05, 3.63) is 56.5 Å². The molecule has 0 spiro atoms. The van der Waals surface area contributed by atoms with Gasteiger partial charge in [-0.2, -0.15) is 5.10 Å². The topological polar surface area (TPSA) is 90.8 Å². The Morgan fingerprint density at radius 1 is 1.15 bits per heavy atom. The summed E-state index contributed by atoms with van der Waals surface area (Å²) in [5.41, 5.74) is 3.85. The normalized spacial score (nSPS) is 11.0. The average molecular weight is 483 g/mol. The fourth-order valence-electron chi connectivity index (χ4n) is 1.90. The van der Waals surface area contributed by atoms with E-state index in [4.69, 9.17) is 0 Å². The molecule has 0 radical (unpaired) electrons. The monoisotopic (exact) mass is 481 g/mol. The highest BCUT2D eigenvalue weighted by Gasteiger charge is 2.09. The van der Waals surface area contributed by atoms with Crippen LogP contribution < -0.4 is 10.7 Å². The number of phenolic OH excluding ortho intramolecular Hbond substituents is 1. The van der Waals surface area contributed by atoms with Crippen LogP contribution in [0.5, 0.6) is 5.75 Å². The van der Waals surface area contributed by atoms with Crippen LogP contribution >= 0.6 is 31.9 Å². The summed E-state index contributed by atoms with van der Waals surface area (Å²) < 4.78 is 1.27. The smallest absolute Gasteiger partial charge is 0.271 e. The lowest BCUT2D eigenvalue weighted by Crippen LogP contribution is -2.19. The number of amides is 2. The van der Waals surface area contributed by atoms with Crippen molar-refractivity contribution in [2.75, 3.05) is 5.32 Å². The minimum absolute atomic E-state index is 0.0245. The SMILES string of the molecule is CC(C)C(=O)Nc1ccc(C(=O)N/N=C/c2cc(Br)cc(Br)c2O)cc1. The number of nitrogens with one attached hydrogen (secondary N) is 2. The van der Waals surface area contributed by atoms with Gasteiger partial charge in [0.1, 0.15) is 5.75 Å². The molecule has 2 amide bonds. The van der Waals surface area contributed by atoms with E-state index in [-0.39, 0.29) is 17.6 Å². The number of anilines is 1. The molecule has 0 aliphatic rings. The van der Waals surface area contributed by atoms with E-state index in [2.05, 4.69) is 47.7 Å². The Balaban J connectivity index is 2.01. The number of aromatic hydroxyl groups is 1. The highest BCUT2D eigenvalue weighted by Crippen LogP contribution is 2.30. The molecule has 0 aliphatic heterocycles. The van der Waals surface area contributed by atoms with Gasteiger partial charge in [0, 0.05) is 27.2 Å². The lowest BCUT2D eigenvalue weighted by molar-refractivity contribution is -0.118. The summed E-state index contributed by atoms with van der Waals surface area (Å²) >= 11 is 6.55. The number of carbonyl (C=O) groups is 2. The Bertz CT molecular complexity index is 850. The molecule has 0 bridgehead atoms. The van der Waals surface area contributed by atoms with E-state index >= 15 is 0 Å². The van der Waals surface area contributed by atoms with Crippen molar-refractivity contribution >= 4 is 55.6 Å². The van der Waals surface area contributed by atoms with Crippen LogP contribution in [0.1, 0.15) is 29.8 Å². The Labute approximate surface area is 167 Å². The van der Waals surface area contributed by atoms with Crippen LogP contribution in [0.4, 0.5) is 5.69 Å². The fourth-order valence-corrected chi connectivity index (χ4v) is 3.16. The van der Waals surface area contributed by atoms with E-state index in [9.17, 15) is 14.7 Å². The quantitative estimate of drug-likeness (QED) is 0.438. The summed E-state index contributed by atoms with van der Waals surface area (Å²) in [6.07, 6.45) is 1.35. The van der Waals surface area contributed by atoms with Crippen molar-refractivity contribution < 1.29 is 14.7 Å². The third-order valence-electron chi connectivity index (χ3n) is 3.37. The van der Waals surface area contributed by atoms with Crippen molar-refractivity contribution in [1.82, 2.24) is 5.43 Å². The summed E-state index contributed by atoms with van der Waals surface area (Å²) in [4.78, 5) is 23.7. The number of carbonyl (C=O) groups excluding carboxylic acids is 2. The summed E-state index contributed by atoms with van der Waals surface area (Å²) in [7, 11) is 0. The number of halogens is 2. The van der Waals surface area contributed by atoms with E-state index in [1.165, 1.54) is 6.21 Å². The molecule has 0 saturated carbocycles. The summed E-state index contributed by atoms with van der Waals surface area (Å²) in [6, 6.07) is 9.85. The van der Waals surface area contributed by atoms with Crippen molar-refractivity contribution in [1.29, 1.82) is 0 Å². The lowest BCUT2D eigenvalue weighted by Gasteiger charge is -2.08. The first kappa shape index (κ1) is 20.1. The molecule has 0 aliphatic carbocycles. The van der Waals surface area contributed by atoms with Gasteiger partial charge >= 0.3 is 0 Å². The molecule has 0 atom stereocenters. The standard InChI is InChI=1S/C18H17Br2N3O3/c1-10(2)17(25)22-14-5-3-11(4-6-14)18(26)23-21-9-12-7-13(19)8-15(20)16(12)24/h3-10,24H,1-2H3,(H,22,25)(H,23,26)/b21-9+. The van der Waals surface area contributed by atoms with Crippen molar-refractivity contribution in [2.24, 2.45) is 11.0 Å². The molecule has 6 nitrogen and oxygen atoms in total. The van der Waals surface area contributed by atoms with E-state index in [1.807, 2.05) is 0 Å². The molecule has 0 heterocycles. The number of benzene rings is 2. The van der Waals surface area contributed by atoms with Crippen LogP contribution in [0.2, 0.25) is 0 Å². The molecular weight excluding hydrogens is 466 g/mol. The predicted molar refractivity (Wildman–Crippen MR) is 108 cm³/mol. The minimum atomic E-state index is -0.406. The van der Waals surface area contributed by atoms with E-state index in [0.29, 0.717) is 21.3 Å². The Kier molecular flexibility index (Phi) is 6.93. The average Bonchev–Trinajstić information content (AvgIpc) is 2.59. The second-order valence-corrected chi connectivity index (χ2v) is 7.52. The van der Waals surface area contributed by atoms with Crippen molar-refractivity contribution in [3.63, 3.8) is 0 Å². The van der Waals surface area contributed by atoms with Gasteiger partial charge in [-0.05, 0) is 52.3 Å². The second-order valence-electron chi connectivity index (χ2n) is 5.75. The molecule has 26 heavy (non-hydrogen) atoms. The molecular formula is C18H17Br2N3O3. The van der Waals surface area contributed by atoms with Crippen LogP contribution in [0.25, 0.3) is 0 Å². The van der Waals surface area contributed by atoms with Gasteiger partial charge in [-0.1, -0.05) is 29.8 Å². The molecule has 3 N–H and O–H groups in total. The number of rotatable bonds is 5. The molecule has 0 aromatic heterocycles. The number of hydrogen-bond acceptors (Lipinski definition) is 4. The first-order valence-corrected chi connectivity index (χ1v) is 9.29. The Morgan fingerprint density at radius 2 is 1.81 bits per heavy atom. The molecule has 0 unspecified atom stereocenters. The van der Waals surface area contributed by atoms with Crippen LogP contribution in [0.3, 0.4) is 0 Å². The molecule has 2 aromatic carbocycles. The second kappa shape index (κ2) is 8.95. The maximum absolute atomic E-state index is 12.1. The molecule has 0 fully saturated rings. The van der Waals surface area contributed by atoms with E-state index < -0.39 is 5.91 Å². The Morgan fingerprint density at radius 3 is 2.42 bits per heavy atom. The third-order valence-corrected chi connectivity index (χ3v) is 4.43. The van der Waals surface area contributed by atoms with Gasteiger partial charge in [0.15, 0.2) is 0 Å². The summed E-state index contributed by atoms with van der Waals surface area (Å²) in [6.45, 7) is 3.60. The maximum atomic E-state index is 12.1. The number of phenols is 1. The van der Waals surface area contributed by atoms with Crippen LogP contribution in [0, 0.1) is 5.92 Å².